The molecule has 1 aromatic carbocycles. The predicted octanol–water partition coefficient (Wildman–Crippen LogP) is 4.55. The monoisotopic (exact) mass is 423 g/mol. The van der Waals surface area contributed by atoms with Crippen molar-refractivity contribution in [1.29, 1.82) is 0 Å². The molecule has 0 radical (unpaired) electrons. The fraction of sp³-hybridized carbons (Fsp3) is 0.0909. The summed E-state index contributed by atoms with van der Waals surface area (Å²) in [5.74, 6) is 0.547. The Bertz CT molecular complexity index is 545. The molecule has 0 spiro atoms. The lowest BCUT2D eigenvalue weighted by molar-refractivity contribution is 1.15. The van der Waals surface area contributed by atoms with Gasteiger partial charge < -0.3 is 5.32 Å². The van der Waals surface area contributed by atoms with E-state index < -0.39 is 0 Å². The van der Waals surface area contributed by atoms with Crippen molar-refractivity contribution in [3.05, 3.63) is 43.2 Å². The molecule has 0 aliphatic heterocycles. The van der Waals surface area contributed by atoms with Gasteiger partial charge in [-0.25, -0.2) is 9.97 Å². The van der Waals surface area contributed by atoms with Gasteiger partial charge in [-0.15, -0.1) is 0 Å². The van der Waals surface area contributed by atoms with Crippen LogP contribution in [0.1, 0.15) is 5.56 Å². The van der Waals surface area contributed by atoms with Gasteiger partial charge in [-0.1, -0.05) is 11.6 Å². The highest BCUT2D eigenvalue weighted by Gasteiger charge is 2.05. The zero-order valence-electron chi connectivity index (χ0n) is 8.84. The van der Waals surface area contributed by atoms with Crippen LogP contribution in [0.2, 0.25) is 5.02 Å². The van der Waals surface area contributed by atoms with Gasteiger partial charge in [0.15, 0.2) is 0 Å². The number of hydrogen-bond donors (Lipinski definition) is 1. The first-order chi connectivity index (χ1) is 8.06. The third-order valence-electron chi connectivity index (χ3n) is 2.12. The van der Waals surface area contributed by atoms with Crippen LogP contribution in [-0.2, 0) is 0 Å². The minimum Gasteiger partial charge on any atom is -0.323 e. The number of benzene rings is 1. The first-order valence-corrected chi connectivity index (χ1v) is 7.01. The lowest BCUT2D eigenvalue weighted by Gasteiger charge is -2.09. The van der Waals surface area contributed by atoms with Crippen molar-refractivity contribution in [3.63, 3.8) is 0 Å². The first kappa shape index (κ1) is 13.0. The van der Waals surface area contributed by atoms with Gasteiger partial charge in [-0.05, 0) is 63.1 Å². The van der Waals surface area contributed by atoms with E-state index in [1.165, 1.54) is 0 Å². The highest BCUT2D eigenvalue weighted by Crippen LogP contribution is 2.30. The van der Waals surface area contributed by atoms with E-state index in [9.17, 15) is 0 Å². The van der Waals surface area contributed by atoms with Crippen LogP contribution in [0.15, 0.2) is 29.0 Å². The molecule has 0 atom stereocenters. The minimum atomic E-state index is 0.547. The molecule has 2 rings (SSSR count). The average Bonchev–Trinajstić information content (AvgIpc) is 2.29. The molecule has 0 unspecified atom stereocenters. The largest absolute Gasteiger partial charge is 0.323 e. The summed E-state index contributed by atoms with van der Waals surface area (Å²) in [6, 6.07) is 3.81. The number of halogens is 3. The number of aryl methyl sites for hydroxylation is 1. The van der Waals surface area contributed by atoms with Crippen molar-refractivity contribution in [1.82, 2.24) is 9.97 Å². The lowest BCUT2D eigenvalue weighted by atomic mass is 10.2. The van der Waals surface area contributed by atoms with Gasteiger partial charge in [-0.3, -0.25) is 0 Å². The van der Waals surface area contributed by atoms with Gasteiger partial charge in [0.05, 0.1) is 5.69 Å². The molecule has 2 aromatic rings. The Morgan fingerprint density at radius 2 is 1.94 bits per heavy atom. The molecule has 0 saturated carbocycles. The second-order valence-electron chi connectivity index (χ2n) is 3.43. The molecule has 0 bridgehead atoms. The molecule has 88 valence electrons. The van der Waals surface area contributed by atoms with Gasteiger partial charge in [-0.2, -0.15) is 0 Å². The molecule has 17 heavy (non-hydrogen) atoms. The van der Waals surface area contributed by atoms with Crippen LogP contribution in [0.25, 0.3) is 0 Å². The Kier molecular flexibility index (Phi) is 4.22. The summed E-state index contributed by atoms with van der Waals surface area (Å²) in [5.41, 5.74) is 1.87. The fourth-order valence-electron chi connectivity index (χ4n) is 1.24. The van der Waals surface area contributed by atoms with Crippen molar-refractivity contribution in [2.45, 2.75) is 6.92 Å². The Morgan fingerprint density at radius 3 is 2.59 bits per heavy atom. The molecule has 0 aliphatic rings. The number of nitrogens with one attached hydrogen (secondary N) is 1. The van der Waals surface area contributed by atoms with Crippen molar-refractivity contribution in [3.8, 4) is 0 Å². The number of nitrogens with zero attached hydrogens (tertiary/aromatic N) is 2. The Balaban J connectivity index is 2.30. The van der Waals surface area contributed by atoms with Crippen molar-refractivity contribution in [2.24, 2.45) is 0 Å². The number of hydrogen-bond acceptors (Lipinski definition) is 3. The highest BCUT2D eigenvalue weighted by molar-refractivity contribution is 14.1. The molecular formula is C11H8BrClIN3. The molecule has 0 amide bonds. The Morgan fingerprint density at radius 1 is 1.29 bits per heavy atom. The smallest absolute Gasteiger partial charge is 0.227 e. The molecule has 1 aromatic heterocycles. The summed E-state index contributed by atoms with van der Waals surface area (Å²) < 4.78 is 1.93. The van der Waals surface area contributed by atoms with E-state index in [2.05, 4.69) is 53.8 Å². The van der Waals surface area contributed by atoms with E-state index in [1.807, 2.05) is 19.1 Å². The predicted molar refractivity (Wildman–Crippen MR) is 81.9 cm³/mol. The van der Waals surface area contributed by atoms with Gasteiger partial charge in [0.25, 0.3) is 0 Å². The van der Waals surface area contributed by atoms with Crippen molar-refractivity contribution >= 4 is 61.8 Å². The Hall–Kier alpha value is -0.400. The van der Waals surface area contributed by atoms with E-state index in [-0.39, 0.29) is 0 Å². The fourth-order valence-corrected chi connectivity index (χ4v) is 2.24. The van der Waals surface area contributed by atoms with E-state index in [0.717, 1.165) is 19.3 Å². The van der Waals surface area contributed by atoms with Crippen LogP contribution in [0, 0.1) is 10.5 Å². The zero-order valence-corrected chi connectivity index (χ0v) is 13.3. The molecular weight excluding hydrogens is 416 g/mol. The van der Waals surface area contributed by atoms with Crippen LogP contribution in [0.4, 0.5) is 11.6 Å². The molecule has 1 N–H and O–H groups in total. The first-order valence-electron chi connectivity index (χ1n) is 4.76. The molecule has 6 heteroatoms. The maximum Gasteiger partial charge on any atom is 0.227 e. The van der Waals surface area contributed by atoms with Gasteiger partial charge in [0.1, 0.15) is 0 Å². The molecule has 3 nitrogen and oxygen atoms in total. The maximum atomic E-state index is 6.07. The number of aromatic nitrogens is 2. The molecule has 1 heterocycles. The normalized spacial score (nSPS) is 10.4. The van der Waals surface area contributed by atoms with Crippen LogP contribution in [0.5, 0.6) is 0 Å². The zero-order chi connectivity index (χ0) is 12.4. The van der Waals surface area contributed by atoms with Crippen LogP contribution in [0.3, 0.4) is 0 Å². The van der Waals surface area contributed by atoms with Crippen LogP contribution < -0.4 is 5.32 Å². The second kappa shape index (κ2) is 5.49. The summed E-state index contributed by atoms with van der Waals surface area (Å²) in [7, 11) is 0. The van der Waals surface area contributed by atoms with Crippen molar-refractivity contribution in [2.75, 3.05) is 5.32 Å². The molecule has 0 aliphatic carbocycles. The summed E-state index contributed by atoms with van der Waals surface area (Å²) >= 11 is 11.7. The SMILES string of the molecule is Cc1cc(Br)c(Nc2ncc(I)cn2)cc1Cl. The number of anilines is 2. The highest BCUT2D eigenvalue weighted by atomic mass is 127. The van der Waals surface area contributed by atoms with E-state index >= 15 is 0 Å². The van der Waals surface area contributed by atoms with Gasteiger partial charge in [0, 0.05) is 25.5 Å². The van der Waals surface area contributed by atoms with Crippen molar-refractivity contribution < 1.29 is 0 Å². The summed E-state index contributed by atoms with van der Waals surface area (Å²) in [4.78, 5) is 8.35. The second-order valence-corrected chi connectivity index (χ2v) is 5.94. The lowest BCUT2D eigenvalue weighted by Crippen LogP contribution is -1.98. The van der Waals surface area contributed by atoms with E-state index in [0.29, 0.717) is 11.0 Å². The van der Waals surface area contributed by atoms with Gasteiger partial charge in [0.2, 0.25) is 5.95 Å². The third kappa shape index (κ3) is 3.29. The van der Waals surface area contributed by atoms with E-state index in [1.54, 1.807) is 12.4 Å². The summed E-state index contributed by atoms with van der Waals surface area (Å²) in [6.45, 7) is 1.96. The van der Waals surface area contributed by atoms with Gasteiger partial charge >= 0.3 is 0 Å². The van der Waals surface area contributed by atoms with Crippen LogP contribution >= 0.6 is 50.1 Å². The standard InChI is InChI=1S/C11H8BrClIN3/c1-6-2-8(12)10(3-9(6)13)17-11-15-4-7(14)5-16-11/h2-5H,1H3,(H,15,16,17). The maximum absolute atomic E-state index is 6.07. The quantitative estimate of drug-likeness (QED) is 0.719. The van der Waals surface area contributed by atoms with Crippen LogP contribution in [-0.4, -0.2) is 9.97 Å². The summed E-state index contributed by atoms with van der Waals surface area (Å²) in [5, 5.41) is 3.82. The topological polar surface area (TPSA) is 37.8 Å². The minimum absolute atomic E-state index is 0.547. The number of rotatable bonds is 2. The van der Waals surface area contributed by atoms with E-state index in [4.69, 9.17) is 11.6 Å². The summed E-state index contributed by atoms with van der Waals surface area (Å²) in [6.07, 6.45) is 3.50. The third-order valence-corrected chi connectivity index (χ3v) is 3.74. The average molecular weight is 424 g/mol. The molecule has 0 fully saturated rings. The molecule has 0 saturated heterocycles. The Labute approximate surface area is 126 Å².